The molecule has 3 unspecified atom stereocenters. The van der Waals surface area contributed by atoms with Crippen LogP contribution in [-0.4, -0.2) is 19.0 Å². The van der Waals surface area contributed by atoms with E-state index in [0.29, 0.717) is 31.3 Å². The highest BCUT2D eigenvalue weighted by atomic mass is 16.5. The molecule has 2 heteroatoms. The Bertz CT molecular complexity index is 227. The summed E-state index contributed by atoms with van der Waals surface area (Å²) in [7, 11) is 0. The molecular formula is C13H22O2. The third-order valence-electron chi connectivity index (χ3n) is 3.99. The van der Waals surface area contributed by atoms with Gasteiger partial charge >= 0.3 is 0 Å². The van der Waals surface area contributed by atoms with Crippen LogP contribution in [0.2, 0.25) is 0 Å². The minimum absolute atomic E-state index is 0.212. The van der Waals surface area contributed by atoms with Crippen LogP contribution in [0.25, 0.3) is 0 Å². The lowest BCUT2D eigenvalue weighted by Gasteiger charge is -2.37. The molecule has 1 saturated carbocycles. The Hall–Kier alpha value is -0.370. The molecule has 0 aromatic rings. The average molecular weight is 210 g/mol. The van der Waals surface area contributed by atoms with Crippen LogP contribution >= 0.6 is 0 Å². The molecule has 0 spiro atoms. The van der Waals surface area contributed by atoms with Crippen molar-refractivity contribution >= 4 is 5.78 Å². The van der Waals surface area contributed by atoms with Gasteiger partial charge in [0.2, 0.25) is 0 Å². The van der Waals surface area contributed by atoms with Gasteiger partial charge in [0.15, 0.2) is 0 Å². The smallest absolute Gasteiger partial charge is 0.140 e. The molecule has 3 atom stereocenters. The quantitative estimate of drug-likeness (QED) is 0.665. The fourth-order valence-electron chi connectivity index (χ4n) is 3.40. The second-order valence-electron chi connectivity index (χ2n) is 5.58. The van der Waals surface area contributed by atoms with Gasteiger partial charge in [-0.25, -0.2) is 0 Å². The van der Waals surface area contributed by atoms with E-state index in [1.807, 2.05) is 0 Å². The largest absolute Gasteiger partial charge is 0.380 e. The minimum Gasteiger partial charge on any atom is -0.380 e. The number of ether oxygens (including phenoxy) is 1. The predicted molar refractivity (Wildman–Crippen MR) is 59.6 cm³/mol. The van der Waals surface area contributed by atoms with E-state index >= 15 is 0 Å². The third-order valence-corrected chi connectivity index (χ3v) is 3.99. The van der Waals surface area contributed by atoms with Crippen LogP contribution < -0.4 is 0 Å². The van der Waals surface area contributed by atoms with Gasteiger partial charge in [-0.1, -0.05) is 13.8 Å². The van der Waals surface area contributed by atoms with E-state index in [1.165, 1.54) is 19.3 Å². The van der Waals surface area contributed by atoms with Crippen LogP contribution in [-0.2, 0) is 9.53 Å². The summed E-state index contributed by atoms with van der Waals surface area (Å²) in [5.74, 6) is 2.83. The summed E-state index contributed by atoms with van der Waals surface area (Å²) in [6.07, 6.45) is 4.43. The molecule has 15 heavy (non-hydrogen) atoms. The lowest BCUT2D eigenvalue weighted by atomic mass is 9.70. The second-order valence-corrected chi connectivity index (χ2v) is 5.58. The molecule has 0 aromatic heterocycles. The molecule has 0 radical (unpaired) electrons. The van der Waals surface area contributed by atoms with Gasteiger partial charge in [-0.3, -0.25) is 4.79 Å². The summed E-state index contributed by atoms with van der Waals surface area (Å²) < 4.78 is 5.46. The summed E-state index contributed by atoms with van der Waals surface area (Å²) >= 11 is 0. The van der Waals surface area contributed by atoms with Crippen LogP contribution in [0.1, 0.15) is 39.5 Å². The molecule has 1 aliphatic heterocycles. The molecule has 0 aromatic carbocycles. The van der Waals surface area contributed by atoms with E-state index in [2.05, 4.69) is 13.8 Å². The maximum atomic E-state index is 11.8. The third kappa shape index (κ3) is 2.60. The van der Waals surface area contributed by atoms with Gasteiger partial charge in [0.05, 0.1) is 13.2 Å². The fraction of sp³-hybridized carbons (Fsp3) is 0.923. The average Bonchev–Trinajstić information content (AvgIpc) is 2.16. The molecule has 2 aliphatic rings. The number of ketones is 1. The summed E-state index contributed by atoms with van der Waals surface area (Å²) in [5, 5.41) is 0. The topological polar surface area (TPSA) is 26.3 Å². The second kappa shape index (κ2) is 4.65. The highest BCUT2D eigenvalue weighted by Gasteiger charge is 2.35. The zero-order valence-electron chi connectivity index (χ0n) is 9.87. The van der Waals surface area contributed by atoms with Crippen LogP contribution in [0.5, 0.6) is 0 Å². The molecule has 2 fully saturated rings. The first kappa shape index (κ1) is 11.1. The monoisotopic (exact) mass is 210 g/mol. The van der Waals surface area contributed by atoms with Crippen molar-refractivity contribution in [1.29, 1.82) is 0 Å². The highest BCUT2D eigenvalue weighted by molar-refractivity contribution is 5.82. The van der Waals surface area contributed by atoms with E-state index in [1.54, 1.807) is 0 Å². The van der Waals surface area contributed by atoms with Crippen molar-refractivity contribution in [3.63, 3.8) is 0 Å². The van der Waals surface area contributed by atoms with E-state index in [4.69, 9.17) is 4.74 Å². The Morgan fingerprint density at radius 3 is 2.40 bits per heavy atom. The van der Waals surface area contributed by atoms with Crippen molar-refractivity contribution < 1.29 is 9.53 Å². The SMILES string of the molecule is CC1CC(C)CC(C2COCCC2=O)C1. The summed E-state index contributed by atoms with van der Waals surface area (Å²) in [5.41, 5.74) is 0. The number of Topliss-reactive ketones (excluding diaryl/α,β-unsaturated/α-hetero) is 1. The predicted octanol–water partition coefficient (Wildman–Crippen LogP) is 2.66. The van der Waals surface area contributed by atoms with Gasteiger partial charge in [0.1, 0.15) is 5.78 Å². The van der Waals surface area contributed by atoms with Crippen molar-refractivity contribution in [3.05, 3.63) is 0 Å². The minimum atomic E-state index is 0.212. The fourth-order valence-corrected chi connectivity index (χ4v) is 3.40. The van der Waals surface area contributed by atoms with Gasteiger partial charge in [0, 0.05) is 12.3 Å². The maximum absolute atomic E-state index is 11.8. The van der Waals surface area contributed by atoms with Gasteiger partial charge in [-0.05, 0) is 37.0 Å². The van der Waals surface area contributed by atoms with Crippen molar-refractivity contribution in [3.8, 4) is 0 Å². The lowest BCUT2D eigenvalue weighted by molar-refractivity contribution is -0.134. The molecule has 1 aliphatic carbocycles. The van der Waals surface area contributed by atoms with Crippen molar-refractivity contribution in [2.45, 2.75) is 39.5 Å². The first-order chi connectivity index (χ1) is 7.16. The molecule has 0 N–H and O–H groups in total. The summed E-state index contributed by atoms with van der Waals surface area (Å²) in [6.45, 7) is 5.96. The van der Waals surface area contributed by atoms with E-state index in [9.17, 15) is 4.79 Å². The molecule has 0 amide bonds. The number of hydrogen-bond acceptors (Lipinski definition) is 2. The highest BCUT2D eigenvalue weighted by Crippen LogP contribution is 2.38. The Morgan fingerprint density at radius 2 is 1.80 bits per heavy atom. The lowest BCUT2D eigenvalue weighted by Crippen LogP contribution is -2.37. The van der Waals surface area contributed by atoms with Crippen LogP contribution in [0.4, 0.5) is 0 Å². The Morgan fingerprint density at radius 1 is 1.13 bits per heavy atom. The van der Waals surface area contributed by atoms with Gasteiger partial charge < -0.3 is 4.74 Å². The van der Waals surface area contributed by atoms with Gasteiger partial charge in [-0.15, -0.1) is 0 Å². The van der Waals surface area contributed by atoms with Gasteiger partial charge in [-0.2, -0.15) is 0 Å². The van der Waals surface area contributed by atoms with Crippen LogP contribution in [0, 0.1) is 23.7 Å². The molecular weight excluding hydrogens is 188 g/mol. The molecule has 1 saturated heterocycles. The van der Waals surface area contributed by atoms with Gasteiger partial charge in [0.25, 0.3) is 0 Å². The molecule has 1 heterocycles. The van der Waals surface area contributed by atoms with Crippen LogP contribution in [0.15, 0.2) is 0 Å². The Labute approximate surface area is 92.4 Å². The zero-order valence-corrected chi connectivity index (χ0v) is 9.87. The number of carbonyl (C=O) groups excluding carboxylic acids is 1. The van der Waals surface area contributed by atoms with E-state index < -0.39 is 0 Å². The normalized spacial score (nSPS) is 42.9. The van der Waals surface area contributed by atoms with Crippen molar-refractivity contribution in [2.24, 2.45) is 23.7 Å². The number of carbonyl (C=O) groups is 1. The Kier molecular flexibility index (Phi) is 3.45. The molecule has 2 nitrogen and oxygen atoms in total. The molecule has 0 bridgehead atoms. The van der Waals surface area contributed by atoms with Crippen molar-refractivity contribution in [1.82, 2.24) is 0 Å². The first-order valence-corrected chi connectivity index (χ1v) is 6.27. The standard InChI is InChI=1S/C13H22O2/c1-9-5-10(2)7-11(6-9)12-8-15-4-3-13(12)14/h9-12H,3-8H2,1-2H3. The Balaban J connectivity index is 1.99. The number of rotatable bonds is 1. The first-order valence-electron chi connectivity index (χ1n) is 6.27. The zero-order chi connectivity index (χ0) is 10.8. The maximum Gasteiger partial charge on any atom is 0.140 e. The van der Waals surface area contributed by atoms with E-state index in [0.717, 1.165) is 11.8 Å². The van der Waals surface area contributed by atoms with Crippen LogP contribution in [0.3, 0.4) is 0 Å². The summed E-state index contributed by atoms with van der Waals surface area (Å²) in [6, 6.07) is 0. The van der Waals surface area contributed by atoms with Crippen molar-refractivity contribution in [2.75, 3.05) is 13.2 Å². The molecule has 2 rings (SSSR count). The molecule has 86 valence electrons. The van der Waals surface area contributed by atoms with E-state index in [-0.39, 0.29) is 5.92 Å². The summed E-state index contributed by atoms with van der Waals surface area (Å²) in [4.78, 5) is 11.8. The number of hydrogen-bond donors (Lipinski definition) is 0.